The van der Waals surface area contributed by atoms with Gasteiger partial charge < -0.3 is 26.6 Å². The summed E-state index contributed by atoms with van der Waals surface area (Å²) in [7, 11) is 2.03. The second kappa shape index (κ2) is 50.6. The van der Waals surface area contributed by atoms with Crippen LogP contribution in [0.5, 0.6) is 0 Å². The van der Waals surface area contributed by atoms with Crippen LogP contribution in [0, 0.1) is 11.3 Å². The van der Waals surface area contributed by atoms with Crippen molar-refractivity contribution in [2.75, 3.05) is 44.3 Å². The van der Waals surface area contributed by atoms with Crippen molar-refractivity contribution < 1.29 is 32.7 Å². The summed E-state index contributed by atoms with van der Waals surface area (Å²) in [5.74, 6) is 2.01. The second-order valence-electron chi connectivity index (χ2n) is 21.7. The van der Waals surface area contributed by atoms with Gasteiger partial charge in [-0.25, -0.2) is 0 Å². The molecular formula is C69H118N7SY-. The number of nitrogens with zero attached hydrogens (tertiary/aromatic N) is 3. The minimum Gasteiger partial charge on any atom is -0.658 e. The Morgan fingerprint density at radius 2 is 1.41 bits per heavy atom. The molecule has 439 valence electrons. The first-order chi connectivity index (χ1) is 36.8. The molecule has 3 aromatic carbocycles. The van der Waals surface area contributed by atoms with Gasteiger partial charge in [0.2, 0.25) is 0 Å². The molecule has 1 heterocycles. The van der Waals surface area contributed by atoms with Crippen LogP contribution < -0.4 is 21.3 Å². The third-order valence-electron chi connectivity index (χ3n) is 13.2. The summed E-state index contributed by atoms with van der Waals surface area (Å²) in [5, 5.41) is 18.1. The Morgan fingerprint density at radius 3 is 1.87 bits per heavy atom. The van der Waals surface area contributed by atoms with E-state index in [1.165, 1.54) is 124 Å². The quantitative estimate of drug-likeness (QED) is 0.0303. The van der Waals surface area contributed by atoms with E-state index in [1.54, 1.807) is 12.3 Å². The van der Waals surface area contributed by atoms with Crippen LogP contribution in [0.25, 0.3) is 16.3 Å². The maximum atomic E-state index is 4.66. The summed E-state index contributed by atoms with van der Waals surface area (Å²) in [4.78, 5) is 8.10. The minimum absolute atomic E-state index is 0. The molecule has 0 amide bonds. The average Bonchev–Trinajstić information content (AvgIpc) is 3.83. The van der Waals surface area contributed by atoms with Crippen molar-refractivity contribution in [2.45, 2.75) is 212 Å². The largest absolute Gasteiger partial charge is 0.658 e. The molecule has 1 saturated heterocycles. The van der Waals surface area contributed by atoms with E-state index in [2.05, 4.69) is 177 Å². The molecule has 0 spiro atoms. The zero-order valence-electron chi connectivity index (χ0n) is 53.2. The predicted molar refractivity (Wildman–Crippen MR) is 356 cm³/mol. The summed E-state index contributed by atoms with van der Waals surface area (Å²) in [6.45, 7) is 55.8. The number of thioether (sulfide) groups is 1. The molecule has 1 radical (unpaired) electrons. The van der Waals surface area contributed by atoms with Crippen LogP contribution in [0.4, 0.5) is 22.7 Å². The van der Waals surface area contributed by atoms with Gasteiger partial charge in [-0.2, -0.15) is 0 Å². The van der Waals surface area contributed by atoms with E-state index in [4.69, 9.17) is 0 Å². The van der Waals surface area contributed by atoms with Gasteiger partial charge in [0.1, 0.15) is 0 Å². The minimum atomic E-state index is 0. The van der Waals surface area contributed by atoms with E-state index < -0.39 is 0 Å². The van der Waals surface area contributed by atoms with Crippen LogP contribution in [0.3, 0.4) is 0 Å². The molecule has 3 aromatic rings. The van der Waals surface area contributed by atoms with Crippen molar-refractivity contribution in [2.24, 2.45) is 16.3 Å². The first-order valence-corrected chi connectivity index (χ1v) is 30.8. The fourth-order valence-electron chi connectivity index (χ4n) is 8.13. The summed E-state index contributed by atoms with van der Waals surface area (Å²) in [6.07, 6.45) is 24.1. The van der Waals surface area contributed by atoms with Crippen molar-refractivity contribution >= 4 is 52.2 Å². The van der Waals surface area contributed by atoms with Crippen LogP contribution in [-0.2, 0) is 32.7 Å². The summed E-state index contributed by atoms with van der Waals surface area (Å²) in [6, 6.07) is 24.3. The second-order valence-corrected chi connectivity index (χ2v) is 22.9. The van der Waals surface area contributed by atoms with Crippen molar-refractivity contribution in [3.05, 3.63) is 139 Å². The van der Waals surface area contributed by atoms with Crippen molar-refractivity contribution in [1.29, 1.82) is 0 Å². The van der Waals surface area contributed by atoms with Gasteiger partial charge in [0.15, 0.2) is 0 Å². The third kappa shape index (κ3) is 39.1. The smallest absolute Gasteiger partial charge is 0.0841 e. The van der Waals surface area contributed by atoms with E-state index in [9.17, 15) is 0 Å². The molecule has 1 aliphatic heterocycles. The standard InChI is InChI=1S/C22H27N4.C19H40N2.C16H23NS.C7H16.C3H6.C2H6.Y/c1-4-18-7-9-19(10-8-18)25-20-11-12-21(22(16-20)23-3)24-13-15-26-14-5-6-17(26)2;1-17(21-18(2)19(3,4)5)15-13-11-9-7-8-10-12-14-16-20-6;1-6-17-13(5)14-8-10-15(11-9-14)16(12(3)4)18-7-2;1-4-5-6-7(2)3;1-3-2;1-2;/h4,7-12,16-17,24H,1,3,5-6,13-15H2,2H3;18,20-21H,1,7-16H2,2-6H3;6,8-11,13,17H,1,7H2,2-5H3;7H,4-6H2,1-3H3;3H,1H2,2H3;1-2H3;/q-1;;;;;;. The van der Waals surface area contributed by atoms with E-state index >= 15 is 0 Å². The molecule has 4 N–H and O–H groups in total. The number of unbranched alkanes of at least 4 members (excludes halogenated alkanes) is 8. The van der Waals surface area contributed by atoms with E-state index in [1.807, 2.05) is 88.1 Å². The number of likely N-dealkylation sites (tertiary alicyclic amines) is 1. The van der Waals surface area contributed by atoms with Crippen LogP contribution in [-0.4, -0.2) is 62.7 Å². The molecule has 7 nitrogen and oxygen atoms in total. The van der Waals surface area contributed by atoms with Crippen molar-refractivity contribution in [1.82, 2.24) is 20.9 Å². The number of nitrogens with one attached hydrogen (secondary N) is 4. The molecule has 3 unspecified atom stereocenters. The van der Waals surface area contributed by atoms with E-state index in [0.29, 0.717) is 23.5 Å². The Kier molecular flexibility index (Phi) is 51.1. The molecule has 0 aliphatic carbocycles. The van der Waals surface area contributed by atoms with Gasteiger partial charge in [-0.1, -0.05) is 212 Å². The van der Waals surface area contributed by atoms with Gasteiger partial charge in [0, 0.05) is 74.5 Å². The number of hydrogen-bond acceptors (Lipinski definition) is 7. The Balaban J connectivity index is -0.000000985. The monoisotopic (exact) mass is 1170 g/mol. The Morgan fingerprint density at radius 1 is 0.833 bits per heavy atom. The third-order valence-corrected chi connectivity index (χ3v) is 14.5. The van der Waals surface area contributed by atoms with E-state index in [-0.39, 0.29) is 32.7 Å². The normalized spacial score (nSPS) is 13.1. The Bertz CT molecular complexity index is 1980. The summed E-state index contributed by atoms with van der Waals surface area (Å²) >= 11 is 1.91. The number of allylic oxidation sites excluding steroid dienone is 3. The molecule has 3 atom stereocenters. The number of benzene rings is 3. The van der Waals surface area contributed by atoms with Gasteiger partial charge >= 0.3 is 0 Å². The maximum Gasteiger partial charge on any atom is 0.0841 e. The molecule has 0 bridgehead atoms. The van der Waals surface area contributed by atoms with Gasteiger partial charge in [0.25, 0.3) is 0 Å². The maximum absolute atomic E-state index is 4.66. The van der Waals surface area contributed by atoms with Crippen LogP contribution in [0.15, 0.2) is 122 Å². The van der Waals surface area contributed by atoms with Crippen molar-refractivity contribution in [3.8, 4) is 0 Å². The molecule has 9 heteroatoms. The number of anilines is 1. The summed E-state index contributed by atoms with van der Waals surface area (Å²) < 4.78 is 0. The fraction of sp³-hybridized carbons (Fsp3) is 0.580. The van der Waals surface area contributed by atoms with Crippen LogP contribution in [0.2, 0.25) is 0 Å². The number of aliphatic imine (C=N–C) groups is 1. The Hall–Kier alpha value is -3.40. The number of hydrogen-bond donors (Lipinski definition) is 4. The first-order valence-electron chi connectivity index (χ1n) is 29.8. The molecule has 4 rings (SSSR count). The van der Waals surface area contributed by atoms with Gasteiger partial charge in [-0.3, -0.25) is 9.89 Å². The SMILES string of the molecule is C=C(CCCCCCCCCCNC)NC(C)C(C)(C)C.C=CC.C=CNC(C)c1ccc(C(SCC)=C(C)C)cc1.C=Cc1ccc([N-]c2ccc(NCCN3CCCC3C)c(N=C)c2)cc1.CC.CCCCC(C)C.[Y]. The van der Waals surface area contributed by atoms with Gasteiger partial charge in [-0.15, -0.1) is 29.7 Å². The predicted octanol–water partition coefficient (Wildman–Crippen LogP) is 21.2. The molecule has 1 aliphatic rings. The number of rotatable bonds is 30. The summed E-state index contributed by atoms with van der Waals surface area (Å²) in [5.41, 5.74) is 10.2. The van der Waals surface area contributed by atoms with E-state index in [0.717, 1.165) is 59.5 Å². The average molecular weight is 1170 g/mol. The van der Waals surface area contributed by atoms with Crippen molar-refractivity contribution in [3.63, 3.8) is 0 Å². The van der Waals surface area contributed by atoms with Crippen LogP contribution in [0.1, 0.15) is 216 Å². The topological polar surface area (TPSA) is 77.8 Å². The molecule has 0 saturated carbocycles. The Labute approximate surface area is 513 Å². The van der Waals surface area contributed by atoms with Gasteiger partial charge in [0.05, 0.1) is 11.4 Å². The first kappa shape index (κ1) is 78.8. The van der Waals surface area contributed by atoms with Crippen LogP contribution >= 0.6 is 11.8 Å². The molecule has 78 heavy (non-hydrogen) atoms. The zero-order valence-corrected chi connectivity index (χ0v) is 56.8. The zero-order chi connectivity index (χ0) is 58.4. The molecule has 0 aromatic heterocycles. The fourth-order valence-corrected chi connectivity index (χ4v) is 9.01. The molecular weight excluding hydrogens is 1050 g/mol. The van der Waals surface area contributed by atoms with Gasteiger partial charge in [-0.05, 0) is 153 Å². The molecule has 1 fully saturated rings.